The summed E-state index contributed by atoms with van der Waals surface area (Å²) in [5, 5.41) is 18.4. The van der Waals surface area contributed by atoms with Crippen LogP contribution in [0.25, 0.3) is 22.3 Å². The van der Waals surface area contributed by atoms with Gasteiger partial charge in [0.15, 0.2) is 5.65 Å². The number of aliphatic hydroxyl groups excluding tert-OH is 2. The monoisotopic (exact) mass is 270 g/mol. The van der Waals surface area contributed by atoms with E-state index >= 15 is 0 Å². The van der Waals surface area contributed by atoms with Crippen molar-refractivity contribution in [2.45, 2.75) is 12.6 Å². The fourth-order valence-corrected chi connectivity index (χ4v) is 2.07. The van der Waals surface area contributed by atoms with E-state index in [0.29, 0.717) is 5.65 Å². The molecule has 1 unspecified atom stereocenters. The van der Waals surface area contributed by atoms with Crippen molar-refractivity contribution in [3.05, 3.63) is 43.1 Å². The molecule has 0 aliphatic carbocycles. The molecule has 3 heterocycles. The first-order valence-electron chi connectivity index (χ1n) is 6.28. The first kappa shape index (κ1) is 12.7. The second-order valence-electron chi connectivity index (χ2n) is 4.54. The Labute approximate surface area is 115 Å². The van der Waals surface area contributed by atoms with E-state index in [0.717, 1.165) is 16.6 Å². The first-order valence-corrected chi connectivity index (χ1v) is 6.28. The molecule has 0 fully saturated rings. The smallest absolute Gasteiger partial charge is 0.159 e. The minimum atomic E-state index is -0.811. The van der Waals surface area contributed by atoms with E-state index in [1.807, 2.05) is 18.2 Å². The molecule has 0 spiro atoms. The Hall–Kier alpha value is -2.31. The average molecular weight is 270 g/mol. The van der Waals surface area contributed by atoms with E-state index in [-0.39, 0.29) is 13.2 Å². The molecular weight excluding hydrogens is 256 g/mol. The molecule has 6 nitrogen and oxygen atoms in total. The summed E-state index contributed by atoms with van der Waals surface area (Å²) in [6.45, 7) is -0.0105. The highest BCUT2D eigenvalue weighted by molar-refractivity contribution is 5.77. The molecule has 0 aliphatic heterocycles. The molecule has 3 aromatic rings. The molecule has 0 aliphatic rings. The lowest BCUT2D eigenvalue weighted by Crippen LogP contribution is -2.19. The van der Waals surface area contributed by atoms with E-state index < -0.39 is 6.10 Å². The molecule has 3 aromatic heterocycles. The molecule has 0 radical (unpaired) electrons. The highest BCUT2D eigenvalue weighted by Gasteiger charge is 2.09. The predicted molar refractivity (Wildman–Crippen MR) is 73.9 cm³/mol. The Morgan fingerprint density at radius 1 is 1.15 bits per heavy atom. The van der Waals surface area contributed by atoms with E-state index in [1.54, 1.807) is 29.5 Å². The minimum absolute atomic E-state index is 0.272. The summed E-state index contributed by atoms with van der Waals surface area (Å²) in [5.74, 6) is 0. The van der Waals surface area contributed by atoms with Crippen molar-refractivity contribution < 1.29 is 10.2 Å². The lowest BCUT2D eigenvalue weighted by molar-refractivity contribution is 0.0820. The highest BCUT2D eigenvalue weighted by atomic mass is 16.3. The summed E-state index contributed by atoms with van der Waals surface area (Å²) < 4.78 is 1.73. The van der Waals surface area contributed by atoms with Gasteiger partial charge in [-0.05, 0) is 23.8 Å². The van der Waals surface area contributed by atoms with Gasteiger partial charge in [-0.15, -0.1) is 0 Å². The topological polar surface area (TPSA) is 84.1 Å². The van der Waals surface area contributed by atoms with Crippen molar-refractivity contribution in [3.63, 3.8) is 0 Å². The van der Waals surface area contributed by atoms with Crippen LogP contribution in [-0.4, -0.2) is 42.4 Å². The van der Waals surface area contributed by atoms with Gasteiger partial charge < -0.3 is 14.8 Å². The van der Waals surface area contributed by atoms with Crippen LogP contribution in [0, 0.1) is 0 Å². The number of hydrogen-bond donors (Lipinski definition) is 2. The second-order valence-corrected chi connectivity index (χ2v) is 4.54. The number of aliphatic hydroxyl groups is 2. The average Bonchev–Trinajstić information content (AvgIpc) is 2.90. The first-order chi connectivity index (χ1) is 9.78. The van der Waals surface area contributed by atoms with Crippen LogP contribution in [0.3, 0.4) is 0 Å². The molecule has 102 valence electrons. The van der Waals surface area contributed by atoms with E-state index in [2.05, 4.69) is 15.0 Å². The second kappa shape index (κ2) is 5.36. The number of aromatic nitrogens is 4. The summed E-state index contributed by atoms with van der Waals surface area (Å²) in [5.41, 5.74) is 3.44. The summed E-state index contributed by atoms with van der Waals surface area (Å²) in [7, 11) is 0. The zero-order valence-corrected chi connectivity index (χ0v) is 10.7. The Morgan fingerprint density at radius 3 is 2.70 bits per heavy atom. The van der Waals surface area contributed by atoms with Crippen molar-refractivity contribution in [3.8, 4) is 11.1 Å². The van der Waals surface area contributed by atoms with Crippen LogP contribution in [0.15, 0.2) is 43.1 Å². The molecule has 20 heavy (non-hydrogen) atoms. The summed E-state index contributed by atoms with van der Waals surface area (Å²) in [6, 6.07) is 5.77. The Balaban J connectivity index is 1.98. The fourth-order valence-electron chi connectivity index (χ4n) is 2.07. The van der Waals surface area contributed by atoms with Crippen molar-refractivity contribution >= 4 is 11.2 Å². The standard InChI is InChI=1S/C14H14N4O2/c19-8-12(20)7-18-9-17-13-5-11(6-16-14(13)18)10-1-3-15-4-2-10/h1-6,9,12,19-20H,7-8H2. The quantitative estimate of drug-likeness (QED) is 0.734. The molecule has 1 atom stereocenters. The van der Waals surface area contributed by atoms with Gasteiger partial charge in [-0.2, -0.15) is 0 Å². The molecular formula is C14H14N4O2. The molecule has 2 N–H and O–H groups in total. The normalized spacial score (nSPS) is 12.7. The van der Waals surface area contributed by atoms with Crippen molar-refractivity contribution in [2.75, 3.05) is 6.61 Å². The molecule has 0 saturated heterocycles. The van der Waals surface area contributed by atoms with Gasteiger partial charge in [0, 0.05) is 24.2 Å². The van der Waals surface area contributed by atoms with Gasteiger partial charge in [0.1, 0.15) is 5.52 Å². The maximum atomic E-state index is 9.49. The largest absolute Gasteiger partial charge is 0.394 e. The third-order valence-electron chi connectivity index (χ3n) is 3.09. The minimum Gasteiger partial charge on any atom is -0.394 e. The van der Waals surface area contributed by atoms with E-state index in [4.69, 9.17) is 5.11 Å². The summed E-state index contributed by atoms with van der Waals surface area (Å²) >= 11 is 0. The van der Waals surface area contributed by atoms with Gasteiger partial charge in [0.25, 0.3) is 0 Å². The van der Waals surface area contributed by atoms with Gasteiger partial charge in [-0.25, -0.2) is 9.97 Å². The third-order valence-corrected chi connectivity index (χ3v) is 3.09. The summed E-state index contributed by atoms with van der Waals surface area (Å²) in [6.07, 6.45) is 6.04. The zero-order valence-electron chi connectivity index (χ0n) is 10.7. The fraction of sp³-hybridized carbons (Fsp3) is 0.214. The van der Waals surface area contributed by atoms with Gasteiger partial charge >= 0.3 is 0 Å². The SMILES string of the molecule is OCC(O)Cn1cnc2cc(-c3ccncc3)cnc21. The molecule has 0 aromatic carbocycles. The number of fused-ring (bicyclic) bond motifs is 1. The maximum Gasteiger partial charge on any atom is 0.159 e. The number of nitrogens with zero attached hydrogens (tertiary/aromatic N) is 4. The number of rotatable bonds is 4. The predicted octanol–water partition coefficient (Wildman–Crippen LogP) is 0.846. The van der Waals surface area contributed by atoms with Gasteiger partial charge in [0.2, 0.25) is 0 Å². The molecule has 6 heteroatoms. The van der Waals surface area contributed by atoms with Crippen LogP contribution in [0.4, 0.5) is 0 Å². The van der Waals surface area contributed by atoms with Gasteiger partial charge in [-0.3, -0.25) is 4.98 Å². The van der Waals surface area contributed by atoms with Crippen molar-refractivity contribution in [1.29, 1.82) is 0 Å². The molecule has 0 bridgehead atoms. The number of hydrogen-bond acceptors (Lipinski definition) is 5. The van der Waals surface area contributed by atoms with Crippen LogP contribution >= 0.6 is 0 Å². The van der Waals surface area contributed by atoms with E-state index in [1.165, 1.54) is 0 Å². The van der Waals surface area contributed by atoms with Crippen LogP contribution in [0.2, 0.25) is 0 Å². The van der Waals surface area contributed by atoms with Crippen molar-refractivity contribution in [2.24, 2.45) is 0 Å². The van der Waals surface area contributed by atoms with Crippen LogP contribution in [0.1, 0.15) is 0 Å². The zero-order chi connectivity index (χ0) is 13.9. The Morgan fingerprint density at radius 2 is 1.95 bits per heavy atom. The third kappa shape index (κ3) is 2.38. The van der Waals surface area contributed by atoms with Crippen molar-refractivity contribution in [1.82, 2.24) is 19.5 Å². The number of pyridine rings is 2. The highest BCUT2D eigenvalue weighted by Crippen LogP contribution is 2.21. The molecule has 3 rings (SSSR count). The van der Waals surface area contributed by atoms with Gasteiger partial charge in [-0.1, -0.05) is 0 Å². The number of imidazole rings is 1. The van der Waals surface area contributed by atoms with Crippen LogP contribution < -0.4 is 0 Å². The maximum absolute atomic E-state index is 9.49. The summed E-state index contributed by atoms with van der Waals surface area (Å²) in [4.78, 5) is 12.7. The molecule has 0 saturated carbocycles. The Bertz CT molecular complexity index is 712. The van der Waals surface area contributed by atoms with E-state index in [9.17, 15) is 5.11 Å². The van der Waals surface area contributed by atoms with Crippen LogP contribution in [-0.2, 0) is 6.54 Å². The lowest BCUT2D eigenvalue weighted by atomic mass is 10.1. The Kier molecular flexibility index (Phi) is 3.41. The lowest BCUT2D eigenvalue weighted by Gasteiger charge is -2.08. The van der Waals surface area contributed by atoms with Gasteiger partial charge in [0.05, 0.1) is 25.6 Å². The van der Waals surface area contributed by atoms with Crippen LogP contribution in [0.5, 0.6) is 0 Å². The molecule has 0 amide bonds.